The van der Waals surface area contributed by atoms with Crippen LogP contribution in [-0.2, 0) is 18.5 Å². The summed E-state index contributed by atoms with van der Waals surface area (Å²) in [5.41, 5.74) is 6.65. The zero-order valence-electron chi connectivity index (χ0n) is 21.2. The molecule has 8 heteroatoms. The molecule has 6 rings (SSSR count). The van der Waals surface area contributed by atoms with Crippen LogP contribution in [0.3, 0.4) is 0 Å². The zero-order valence-corrected chi connectivity index (χ0v) is 26.0. The van der Waals surface area contributed by atoms with E-state index in [4.69, 9.17) is 9.84 Å². The molecule has 2 heterocycles. The van der Waals surface area contributed by atoms with Gasteiger partial charge in [0.2, 0.25) is 5.04 Å². The number of hydrazone groups is 1. The molecule has 0 fully saturated rings. The highest BCUT2D eigenvalue weighted by molar-refractivity contribution is 9.10. The summed E-state index contributed by atoms with van der Waals surface area (Å²) >= 11 is 10.5. The smallest absolute Gasteiger partial charge is 0.365 e. The first-order valence-corrected chi connectivity index (χ1v) is 15.7. The monoisotopic (exact) mass is 678 g/mol. The summed E-state index contributed by atoms with van der Waals surface area (Å²) in [5, 5.41) is 7.28. The fourth-order valence-electron chi connectivity index (χ4n) is 5.12. The number of nitrogens with zero attached hydrogens (tertiary/aromatic N) is 2. The third-order valence-corrected chi connectivity index (χ3v) is 11.2. The molecule has 1 spiro atoms. The van der Waals surface area contributed by atoms with Crippen LogP contribution in [0.25, 0.3) is 0 Å². The van der Waals surface area contributed by atoms with E-state index in [1.54, 1.807) is 11.8 Å². The van der Waals surface area contributed by atoms with E-state index < -0.39 is 14.9 Å². The minimum atomic E-state index is -0.742. The molecule has 0 radical (unpaired) electrons. The summed E-state index contributed by atoms with van der Waals surface area (Å²) in [5.74, 6) is -0.403. The lowest BCUT2D eigenvalue weighted by Gasteiger charge is -2.37. The highest BCUT2D eigenvalue weighted by Crippen LogP contribution is 2.71. The van der Waals surface area contributed by atoms with E-state index in [2.05, 4.69) is 136 Å². The van der Waals surface area contributed by atoms with Crippen molar-refractivity contribution in [3.05, 3.63) is 134 Å². The van der Waals surface area contributed by atoms with Gasteiger partial charge in [-0.15, -0.1) is 0 Å². The van der Waals surface area contributed by atoms with Crippen molar-refractivity contribution in [2.24, 2.45) is 5.10 Å². The summed E-state index contributed by atoms with van der Waals surface area (Å²) in [4.78, 5) is 13.1. The summed E-state index contributed by atoms with van der Waals surface area (Å²) < 4.78 is 6.17. The molecule has 0 aliphatic carbocycles. The Labute approximate surface area is 253 Å². The number of anilines is 1. The molecule has 0 aromatic heterocycles. The third kappa shape index (κ3) is 4.46. The van der Waals surface area contributed by atoms with E-state index in [1.165, 1.54) is 17.3 Å². The van der Waals surface area contributed by atoms with E-state index in [-0.39, 0.29) is 0 Å². The Kier molecular flexibility index (Phi) is 7.16. The number of carbonyl (C=O) groups excluding carboxylic acids is 1. The van der Waals surface area contributed by atoms with Crippen molar-refractivity contribution in [2.45, 2.75) is 22.8 Å². The molecule has 1 atom stereocenters. The first kappa shape index (κ1) is 26.7. The van der Waals surface area contributed by atoms with Gasteiger partial charge in [0.25, 0.3) is 0 Å². The largest absolute Gasteiger partial charge is 0.461 e. The molecule has 0 unspecified atom stereocenters. The molecule has 0 bridgehead atoms. The van der Waals surface area contributed by atoms with Gasteiger partial charge in [-0.05, 0) is 66.9 Å². The summed E-state index contributed by atoms with van der Waals surface area (Å²) in [7, 11) is 0. The highest BCUT2D eigenvalue weighted by Gasteiger charge is 2.62. The van der Waals surface area contributed by atoms with Crippen LogP contribution < -0.4 is 5.01 Å². The molecule has 2 aliphatic rings. The van der Waals surface area contributed by atoms with Crippen molar-refractivity contribution in [1.82, 2.24) is 0 Å². The van der Waals surface area contributed by atoms with Gasteiger partial charge < -0.3 is 4.74 Å². The van der Waals surface area contributed by atoms with Gasteiger partial charge in [-0.2, -0.15) is 5.10 Å². The number of hydrogen-bond donors (Lipinski definition) is 0. The predicted octanol–water partition coefficient (Wildman–Crippen LogP) is 8.80. The normalized spacial score (nSPS) is 19.2. The SMILES string of the molecule is CCOC(=O)C1=NN(c2ccc(C)cc2)[C@]2(S1)SC(c1ccc(Br)cc1)(c1ccc(Br)cc1)c1ccccc12. The van der Waals surface area contributed by atoms with Crippen LogP contribution in [0.5, 0.6) is 0 Å². The maximum absolute atomic E-state index is 13.1. The maximum atomic E-state index is 13.1. The number of halogens is 2. The lowest BCUT2D eigenvalue weighted by molar-refractivity contribution is -0.134. The molecule has 0 saturated carbocycles. The summed E-state index contributed by atoms with van der Waals surface area (Å²) in [6, 6.07) is 33.9. The number of fused-ring (bicyclic) bond motifs is 2. The number of esters is 1. The Balaban J connectivity index is 1.62. The molecule has 4 aromatic carbocycles. The number of benzene rings is 4. The Morgan fingerprint density at radius 3 is 1.97 bits per heavy atom. The average molecular weight is 680 g/mol. The number of hydrogen-bond acceptors (Lipinski definition) is 6. The van der Waals surface area contributed by atoms with Crippen LogP contribution >= 0.6 is 55.4 Å². The molecule has 0 N–H and O–H groups in total. The van der Waals surface area contributed by atoms with Gasteiger partial charge in [-0.25, -0.2) is 9.80 Å². The van der Waals surface area contributed by atoms with Crippen molar-refractivity contribution in [2.75, 3.05) is 11.6 Å². The number of thioether (sulfide) groups is 2. The van der Waals surface area contributed by atoms with Crippen molar-refractivity contribution in [3.8, 4) is 0 Å². The molecule has 2 aliphatic heterocycles. The predicted molar refractivity (Wildman–Crippen MR) is 169 cm³/mol. The van der Waals surface area contributed by atoms with Gasteiger partial charge >= 0.3 is 5.97 Å². The molecule has 0 saturated heterocycles. The minimum absolute atomic E-state index is 0.293. The Morgan fingerprint density at radius 2 is 1.41 bits per heavy atom. The standard InChI is InChI=1S/C31H24Br2N2O2S2/c1-3-37-29(36)28-34-35(25-18-8-20(2)9-19-25)31(38-28)27-7-5-4-6-26(27)30(39-31,21-10-14-23(32)15-11-21)22-12-16-24(33)17-13-22/h4-19H,3H2,1-2H3/t31-/m1/s1. The van der Waals surface area contributed by atoms with Crippen molar-refractivity contribution >= 4 is 72.1 Å². The van der Waals surface area contributed by atoms with Gasteiger partial charge in [0.05, 0.1) is 17.0 Å². The molecule has 0 amide bonds. The van der Waals surface area contributed by atoms with Gasteiger partial charge in [0, 0.05) is 14.5 Å². The molecule has 4 nitrogen and oxygen atoms in total. The Hall–Kier alpha value is -2.52. The fourth-order valence-corrected chi connectivity index (χ4v) is 9.21. The second kappa shape index (κ2) is 10.5. The number of rotatable bonds is 5. The van der Waals surface area contributed by atoms with Crippen molar-refractivity contribution < 1.29 is 9.53 Å². The first-order valence-electron chi connectivity index (χ1n) is 12.5. The van der Waals surface area contributed by atoms with E-state index in [0.717, 1.165) is 36.9 Å². The second-order valence-electron chi connectivity index (χ2n) is 9.30. The van der Waals surface area contributed by atoms with Crippen molar-refractivity contribution in [3.63, 3.8) is 0 Å². The van der Waals surface area contributed by atoms with Gasteiger partial charge in [0.1, 0.15) is 0 Å². The van der Waals surface area contributed by atoms with Crippen LogP contribution in [-0.4, -0.2) is 17.6 Å². The van der Waals surface area contributed by atoms with Crippen LogP contribution in [0.1, 0.15) is 34.7 Å². The molecular formula is C31H24Br2N2O2S2. The van der Waals surface area contributed by atoms with Crippen LogP contribution in [0.4, 0.5) is 5.69 Å². The fraction of sp³-hybridized carbons (Fsp3) is 0.161. The van der Waals surface area contributed by atoms with Gasteiger partial charge in [0.15, 0.2) is 4.20 Å². The van der Waals surface area contributed by atoms with Gasteiger partial charge in [-0.3, -0.25) is 0 Å². The highest BCUT2D eigenvalue weighted by atomic mass is 79.9. The quantitative estimate of drug-likeness (QED) is 0.197. The molecular weight excluding hydrogens is 656 g/mol. The van der Waals surface area contributed by atoms with E-state index in [0.29, 0.717) is 11.7 Å². The van der Waals surface area contributed by atoms with Gasteiger partial charge in [-0.1, -0.05) is 122 Å². The number of aryl methyl sites for hydroxylation is 1. The topological polar surface area (TPSA) is 41.9 Å². The Bertz CT molecular complexity index is 1530. The third-order valence-electron chi connectivity index (χ3n) is 6.87. The van der Waals surface area contributed by atoms with Crippen LogP contribution in [0.2, 0.25) is 0 Å². The second-order valence-corrected chi connectivity index (χ2v) is 14.0. The van der Waals surface area contributed by atoms with Crippen LogP contribution in [0.15, 0.2) is 111 Å². The molecule has 196 valence electrons. The minimum Gasteiger partial charge on any atom is -0.461 e. The van der Waals surface area contributed by atoms with E-state index >= 15 is 0 Å². The average Bonchev–Trinajstić information content (AvgIpc) is 3.47. The summed E-state index contributed by atoms with van der Waals surface area (Å²) in [6.07, 6.45) is 0. The molecule has 39 heavy (non-hydrogen) atoms. The van der Waals surface area contributed by atoms with Crippen molar-refractivity contribution in [1.29, 1.82) is 0 Å². The Morgan fingerprint density at radius 1 is 0.846 bits per heavy atom. The number of ether oxygens (including phenoxy) is 1. The zero-order chi connectivity index (χ0) is 27.2. The summed E-state index contributed by atoms with van der Waals surface area (Å²) in [6.45, 7) is 4.18. The van der Waals surface area contributed by atoms with E-state index in [9.17, 15) is 4.79 Å². The van der Waals surface area contributed by atoms with Crippen LogP contribution in [0, 0.1) is 6.92 Å². The lowest BCUT2D eigenvalue weighted by atomic mass is 9.82. The number of carbonyl (C=O) groups is 1. The molecule has 4 aromatic rings. The first-order chi connectivity index (χ1) is 18.9. The van der Waals surface area contributed by atoms with E-state index in [1.807, 2.05) is 11.9 Å². The maximum Gasteiger partial charge on any atom is 0.365 e. The lowest BCUT2D eigenvalue weighted by Crippen LogP contribution is -2.34.